The molecule has 0 aliphatic carbocycles. The monoisotopic (exact) mass is 578 g/mol. The van der Waals surface area contributed by atoms with Gasteiger partial charge in [0.15, 0.2) is 23.7 Å². The molecular weight excluding hydrogens is 548 g/mol. The lowest BCUT2D eigenvalue weighted by Gasteiger charge is -2.45. The molecule has 14 nitrogen and oxygen atoms in total. The highest BCUT2D eigenvalue weighted by Gasteiger charge is 2.52. The quantitative estimate of drug-likeness (QED) is 0.170. The summed E-state index contributed by atoms with van der Waals surface area (Å²) < 4.78 is 38.4. The molecule has 2 fully saturated rings. The van der Waals surface area contributed by atoms with Crippen LogP contribution in [0.4, 0.5) is 0 Å². The Kier molecular flexibility index (Phi) is 9.15. The average molecular weight is 579 g/mol. The standard InChI is InChI=1S/C27H30O14/c1-4-14-15-8-9-35-24(33)17(15)10-37-26(14)41-27-23(40-25(34)16-6-5-7-18(30)20(16)31)21(32)22(38-13(3)29)19(39-27)11-36-12(2)28/h4-7,10,14-15,19,21-23,26-27,30-32H,1,8-9,11H2,2-3H3/t14-,15+,19-,21+,22-,23-,26+,27+/m1/s1. The zero-order valence-corrected chi connectivity index (χ0v) is 22.2. The number of aromatic hydroxyl groups is 2. The number of hydrogen-bond donors (Lipinski definition) is 3. The van der Waals surface area contributed by atoms with E-state index in [1.165, 1.54) is 24.5 Å². The van der Waals surface area contributed by atoms with Gasteiger partial charge >= 0.3 is 23.9 Å². The predicted molar refractivity (Wildman–Crippen MR) is 133 cm³/mol. The van der Waals surface area contributed by atoms with E-state index in [9.17, 15) is 34.5 Å². The van der Waals surface area contributed by atoms with Gasteiger partial charge in [-0.2, -0.15) is 0 Å². The summed E-state index contributed by atoms with van der Waals surface area (Å²) in [5.41, 5.74) is -0.149. The number of phenols is 2. The van der Waals surface area contributed by atoms with Crippen LogP contribution in [0.3, 0.4) is 0 Å². The van der Waals surface area contributed by atoms with Crippen molar-refractivity contribution in [1.82, 2.24) is 0 Å². The number of aliphatic hydroxyl groups excluding tert-OH is 1. The van der Waals surface area contributed by atoms with E-state index in [1.54, 1.807) is 0 Å². The second-order valence-corrected chi connectivity index (χ2v) is 9.51. The van der Waals surface area contributed by atoms with Crippen LogP contribution in [-0.4, -0.2) is 89.4 Å². The maximum absolute atomic E-state index is 13.0. The fourth-order valence-corrected chi connectivity index (χ4v) is 4.84. The summed E-state index contributed by atoms with van der Waals surface area (Å²) in [5.74, 6) is -5.56. The lowest BCUT2D eigenvalue weighted by molar-refractivity contribution is -0.339. The maximum atomic E-state index is 13.0. The van der Waals surface area contributed by atoms with E-state index >= 15 is 0 Å². The Labute approximate surface area is 234 Å². The van der Waals surface area contributed by atoms with Crippen LogP contribution in [-0.2, 0) is 47.5 Å². The Bertz CT molecular complexity index is 1220. The highest BCUT2D eigenvalue weighted by Crippen LogP contribution is 2.39. The van der Waals surface area contributed by atoms with Gasteiger partial charge in [0.25, 0.3) is 0 Å². The van der Waals surface area contributed by atoms with Gasteiger partial charge in [-0.25, -0.2) is 9.59 Å². The van der Waals surface area contributed by atoms with E-state index in [2.05, 4.69) is 6.58 Å². The van der Waals surface area contributed by atoms with Gasteiger partial charge < -0.3 is 48.5 Å². The molecule has 3 N–H and O–H groups in total. The number of carbonyl (C=O) groups is 4. The topological polar surface area (TPSA) is 194 Å². The zero-order chi connectivity index (χ0) is 29.8. The van der Waals surface area contributed by atoms with Crippen molar-refractivity contribution in [3.63, 3.8) is 0 Å². The minimum atomic E-state index is -1.79. The molecule has 1 aromatic carbocycles. The summed E-state index contributed by atoms with van der Waals surface area (Å²) in [4.78, 5) is 48.6. The van der Waals surface area contributed by atoms with Crippen LogP contribution in [0.25, 0.3) is 0 Å². The summed E-state index contributed by atoms with van der Waals surface area (Å²) in [7, 11) is 0. The molecule has 2 saturated heterocycles. The minimum absolute atomic E-state index is 0.165. The third kappa shape index (κ3) is 6.45. The molecule has 41 heavy (non-hydrogen) atoms. The fourth-order valence-electron chi connectivity index (χ4n) is 4.84. The first-order valence-corrected chi connectivity index (χ1v) is 12.7. The zero-order valence-electron chi connectivity index (χ0n) is 22.2. The molecule has 222 valence electrons. The second kappa shape index (κ2) is 12.6. The van der Waals surface area contributed by atoms with Gasteiger partial charge in [-0.1, -0.05) is 12.1 Å². The molecule has 3 heterocycles. The third-order valence-electron chi connectivity index (χ3n) is 6.79. The van der Waals surface area contributed by atoms with E-state index < -0.39 is 90.5 Å². The van der Waals surface area contributed by atoms with Crippen LogP contribution in [0.5, 0.6) is 11.5 Å². The molecule has 3 aliphatic rings. The lowest BCUT2D eigenvalue weighted by atomic mass is 9.81. The number of aliphatic hydroxyl groups is 1. The van der Waals surface area contributed by atoms with Gasteiger partial charge in [0.1, 0.15) is 24.4 Å². The fraction of sp³-hybridized carbons (Fsp3) is 0.481. The predicted octanol–water partition coefficient (Wildman–Crippen LogP) is 0.826. The van der Waals surface area contributed by atoms with Crippen LogP contribution in [0.2, 0.25) is 0 Å². The third-order valence-corrected chi connectivity index (χ3v) is 6.79. The molecule has 0 spiro atoms. The normalized spacial score (nSPS) is 30.9. The SMILES string of the molecule is C=C[C@H]1[C@H](O[C@@H]2O[C@H](COC(C)=O)[C@@H](OC(C)=O)[C@H](O)[C@H]2OC(=O)c2cccc(O)c2O)OC=C2C(=O)OCC[C@H]21. The Balaban J connectivity index is 1.66. The largest absolute Gasteiger partial charge is 0.504 e. The summed E-state index contributed by atoms with van der Waals surface area (Å²) in [6.07, 6.45) is -5.84. The number of hydrogen-bond acceptors (Lipinski definition) is 14. The first-order valence-electron chi connectivity index (χ1n) is 12.7. The number of phenolic OH excluding ortho intramolecular Hbond substituents is 2. The first-order chi connectivity index (χ1) is 19.5. The second-order valence-electron chi connectivity index (χ2n) is 9.51. The van der Waals surface area contributed by atoms with Crippen molar-refractivity contribution in [3.05, 3.63) is 48.3 Å². The molecule has 3 aliphatic heterocycles. The van der Waals surface area contributed by atoms with Crippen LogP contribution in [0, 0.1) is 11.8 Å². The Hall–Kier alpha value is -4.14. The summed E-state index contributed by atoms with van der Waals surface area (Å²) in [6, 6.07) is 3.60. The maximum Gasteiger partial charge on any atom is 0.342 e. The van der Waals surface area contributed by atoms with Crippen molar-refractivity contribution in [2.45, 2.75) is 57.3 Å². The number of para-hydroxylation sites is 1. The molecule has 0 amide bonds. The number of benzene rings is 1. The molecular formula is C27H30O14. The van der Waals surface area contributed by atoms with Gasteiger partial charge in [-0.3, -0.25) is 9.59 Å². The molecule has 0 bridgehead atoms. The molecule has 14 heteroatoms. The van der Waals surface area contributed by atoms with Crippen molar-refractivity contribution >= 4 is 23.9 Å². The van der Waals surface area contributed by atoms with Crippen LogP contribution < -0.4 is 0 Å². The van der Waals surface area contributed by atoms with Crippen molar-refractivity contribution in [1.29, 1.82) is 0 Å². The molecule has 1 aromatic rings. The Morgan fingerprint density at radius 3 is 2.54 bits per heavy atom. The van der Waals surface area contributed by atoms with Gasteiger partial charge in [0.05, 0.1) is 18.4 Å². The van der Waals surface area contributed by atoms with Gasteiger partial charge in [0, 0.05) is 25.7 Å². The highest BCUT2D eigenvalue weighted by atomic mass is 16.8. The number of carbonyl (C=O) groups excluding carboxylic acids is 4. The number of ether oxygens (including phenoxy) is 7. The van der Waals surface area contributed by atoms with Gasteiger partial charge in [-0.15, -0.1) is 6.58 Å². The molecule has 0 radical (unpaired) electrons. The van der Waals surface area contributed by atoms with Crippen molar-refractivity contribution < 1.29 is 67.7 Å². The summed E-state index contributed by atoms with van der Waals surface area (Å²) >= 11 is 0. The average Bonchev–Trinajstić information content (AvgIpc) is 2.92. The highest BCUT2D eigenvalue weighted by molar-refractivity contribution is 5.93. The number of fused-ring (bicyclic) bond motifs is 1. The van der Waals surface area contributed by atoms with E-state index in [0.29, 0.717) is 6.42 Å². The van der Waals surface area contributed by atoms with E-state index in [0.717, 1.165) is 19.9 Å². The summed E-state index contributed by atoms with van der Waals surface area (Å²) in [5, 5.41) is 31.2. The molecule has 8 atom stereocenters. The van der Waals surface area contributed by atoms with E-state index in [4.69, 9.17) is 33.2 Å². The molecule has 0 unspecified atom stereocenters. The smallest absolute Gasteiger partial charge is 0.342 e. The Morgan fingerprint density at radius 1 is 1.10 bits per heavy atom. The molecule has 4 rings (SSSR count). The number of rotatable bonds is 8. The van der Waals surface area contributed by atoms with Crippen molar-refractivity contribution in [3.8, 4) is 11.5 Å². The van der Waals surface area contributed by atoms with Crippen LogP contribution in [0.1, 0.15) is 30.6 Å². The van der Waals surface area contributed by atoms with E-state index in [-0.39, 0.29) is 18.1 Å². The Morgan fingerprint density at radius 2 is 1.85 bits per heavy atom. The van der Waals surface area contributed by atoms with E-state index in [1.807, 2.05) is 0 Å². The first kappa shape index (κ1) is 29.8. The van der Waals surface area contributed by atoms with Gasteiger partial charge in [-0.05, 0) is 18.6 Å². The number of cyclic esters (lactones) is 1. The number of esters is 4. The lowest BCUT2D eigenvalue weighted by Crippen LogP contribution is -2.62. The molecule has 0 aromatic heterocycles. The van der Waals surface area contributed by atoms with Crippen LogP contribution in [0.15, 0.2) is 42.7 Å². The summed E-state index contributed by atoms with van der Waals surface area (Å²) in [6.45, 7) is 5.73. The van der Waals surface area contributed by atoms with Crippen LogP contribution >= 0.6 is 0 Å². The van der Waals surface area contributed by atoms with Crippen molar-refractivity contribution in [2.75, 3.05) is 13.2 Å². The van der Waals surface area contributed by atoms with Crippen molar-refractivity contribution in [2.24, 2.45) is 11.8 Å². The molecule has 0 saturated carbocycles. The van der Waals surface area contributed by atoms with Gasteiger partial charge in [0.2, 0.25) is 12.6 Å². The minimum Gasteiger partial charge on any atom is -0.504 e.